The molecule has 0 aliphatic rings. The summed E-state index contributed by atoms with van der Waals surface area (Å²) in [5.74, 6) is 1.53. The van der Waals surface area contributed by atoms with Crippen molar-refractivity contribution in [1.29, 1.82) is 0 Å². The molecule has 5 rings (SSSR count). The second-order valence-electron chi connectivity index (χ2n) is 12.3. The highest BCUT2D eigenvalue weighted by Gasteiger charge is 2.22. The van der Waals surface area contributed by atoms with E-state index >= 15 is 0 Å². The van der Waals surface area contributed by atoms with E-state index in [-0.39, 0.29) is 6.61 Å². The number of aromatic nitrogens is 4. The molecule has 0 saturated carbocycles. The van der Waals surface area contributed by atoms with Gasteiger partial charge in [-0.15, -0.1) is 21.5 Å². The summed E-state index contributed by atoms with van der Waals surface area (Å²) in [6, 6.07) is 21.0. The topological polar surface area (TPSA) is 104 Å². The highest BCUT2D eigenvalue weighted by Crippen LogP contribution is 2.32. The molecule has 0 bridgehead atoms. The minimum absolute atomic E-state index is 0.276. The quantitative estimate of drug-likeness (QED) is 0.0624. The van der Waals surface area contributed by atoms with Gasteiger partial charge in [0.05, 0.1) is 23.4 Å². The number of rotatable bonds is 15. The van der Waals surface area contributed by atoms with Crippen LogP contribution in [-0.2, 0) is 22.6 Å². The molecule has 248 valence electrons. The summed E-state index contributed by atoms with van der Waals surface area (Å²) < 4.78 is 20.5. The van der Waals surface area contributed by atoms with Gasteiger partial charge in [0, 0.05) is 26.6 Å². The van der Waals surface area contributed by atoms with Gasteiger partial charge in [-0.25, -0.2) is 9.78 Å². The van der Waals surface area contributed by atoms with E-state index in [0.29, 0.717) is 42.2 Å². The number of anilines is 2. The predicted octanol–water partition coefficient (Wildman–Crippen LogP) is 7.76. The molecule has 0 saturated heterocycles. The Morgan fingerprint density at radius 1 is 1.02 bits per heavy atom. The number of carbonyl (C=O) groups excluding carboxylic acids is 1. The van der Waals surface area contributed by atoms with E-state index in [1.165, 1.54) is 11.3 Å². The average molecular weight is 691 g/mol. The van der Waals surface area contributed by atoms with E-state index in [9.17, 15) is 4.79 Å². The molecule has 13 heteroatoms. The van der Waals surface area contributed by atoms with Crippen LogP contribution in [0.1, 0.15) is 34.3 Å². The van der Waals surface area contributed by atoms with Crippen LogP contribution in [-0.4, -0.2) is 60.7 Å². The molecule has 0 radical (unpaired) electrons. The molecular weight excluding hydrogens is 649 g/mol. The maximum Gasteiger partial charge on any atom is 0.358 e. The van der Waals surface area contributed by atoms with Gasteiger partial charge in [-0.3, -0.25) is 4.57 Å². The fourth-order valence-corrected chi connectivity index (χ4v) is 7.48. The van der Waals surface area contributed by atoms with Crippen LogP contribution in [0.3, 0.4) is 0 Å². The van der Waals surface area contributed by atoms with Crippen LogP contribution in [0.5, 0.6) is 5.75 Å². The lowest BCUT2D eigenvalue weighted by Gasteiger charge is -2.16. The molecule has 0 unspecified atom stereocenters. The summed E-state index contributed by atoms with van der Waals surface area (Å²) in [6.07, 6.45) is 1.36. The first-order valence-electron chi connectivity index (χ1n) is 15.8. The number of para-hydroxylation sites is 2. The highest BCUT2D eigenvalue weighted by molar-refractivity contribution is 7.16. The smallest absolute Gasteiger partial charge is 0.358 e. The Kier molecular flexibility index (Phi) is 11.6. The van der Waals surface area contributed by atoms with Crippen molar-refractivity contribution in [2.75, 3.05) is 31.8 Å². The van der Waals surface area contributed by atoms with Gasteiger partial charge >= 0.3 is 5.97 Å². The minimum Gasteiger partial charge on any atom is -0.494 e. The van der Waals surface area contributed by atoms with Gasteiger partial charge in [0.15, 0.2) is 27.3 Å². The van der Waals surface area contributed by atoms with Crippen molar-refractivity contribution < 1.29 is 19.0 Å². The molecule has 0 aliphatic carbocycles. The molecule has 0 fully saturated rings. The van der Waals surface area contributed by atoms with Crippen LogP contribution >= 0.6 is 22.7 Å². The molecule has 47 heavy (non-hydrogen) atoms. The molecule has 3 heterocycles. The fraction of sp³-hybridized carbons (Fsp3) is 0.382. The van der Waals surface area contributed by atoms with Crippen LogP contribution < -0.4 is 14.4 Å². The maximum absolute atomic E-state index is 12.8. The molecule has 10 nitrogen and oxygen atoms in total. The normalized spacial score (nSPS) is 12.1. The molecule has 0 spiro atoms. The zero-order valence-corrected chi connectivity index (χ0v) is 30.5. The number of fused-ring (bicyclic) bond motifs is 1. The van der Waals surface area contributed by atoms with Crippen molar-refractivity contribution in [3.63, 3.8) is 0 Å². The number of hydrogen-bond acceptors (Lipinski definition) is 11. The summed E-state index contributed by atoms with van der Waals surface area (Å²) in [6.45, 7) is 12.8. The summed E-state index contributed by atoms with van der Waals surface area (Å²) in [4.78, 5) is 25.9. The Bertz CT molecular complexity index is 1870. The minimum atomic E-state index is -1.19. The Balaban J connectivity index is 1.35. The fourth-order valence-electron chi connectivity index (χ4n) is 4.64. The standard InChI is InChI=1S/C34H42N6O4S2Si/c1-7-43-32(41)30-28(18-13-19-44-25-14-9-8-10-15-25)46-33(35-30)39(3)29-22-24(2)31(38-37-29)36-34-40(23-42-20-21-47(4,5)6)26-16-11-12-17-27(26)45-34/h8-12,14-17,22H,7,13,18-21,23H2,1-6H3. The van der Waals surface area contributed by atoms with E-state index < -0.39 is 14.0 Å². The van der Waals surface area contributed by atoms with Crippen molar-refractivity contribution >= 4 is 63.7 Å². The molecule has 0 amide bonds. The number of ether oxygens (including phenoxy) is 3. The number of benzene rings is 2. The Labute approximate surface area is 284 Å². The van der Waals surface area contributed by atoms with Gasteiger partial charge in [-0.1, -0.05) is 61.3 Å². The van der Waals surface area contributed by atoms with Gasteiger partial charge in [0.25, 0.3) is 0 Å². The van der Waals surface area contributed by atoms with Crippen molar-refractivity contribution in [3.8, 4) is 5.75 Å². The van der Waals surface area contributed by atoms with Crippen molar-refractivity contribution in [2.45, 2.75) is 59.1 Å². The first-order valence-corrected chi connectivity index (χ1v) is 21.1. The van der Waals surface area contributed by atoms with Crippen LogP contribution in [0, 0.1) is 6.92 Å². The van der Waals surface area contributed by atoms with E-state index in [2.05, 4.69) is 51.5 Å². The second-order valence-corrected chi connectivity index (χ2v) is 20.0. The second kappa shape index (κ2) is 15.8. The summed E-state index contributed by atoms with van der Waals surface area (Å²) in [7, 11) is 0.675. The molecule has 0 atom stereocenters. The molecule has 5 aromatic rings. The Morgan fingerprint density at radius 3 is 2.53 bits per heavy atom. The summed E-state index contributed by atoms with van der Waals surface area (Å²) >= 11 is 3.05. The van der Waals surface area contributed by atoms with E-state index in [0.717, 1.165) is 50.3 Å². The third-order valence-corrected chi connectivity index (χ3v) is 11.3. The van der Waals surface area contributed by atoms with Crippen molar-refractivity contribution in [3.05, 3.63) is 81.6 Å². The monoisotopic (exact) mass is 690 g/mol. The molecule has 0 N–H and O–H groups in total. The third kappa shape index (κ3) is 9.13. The highest BCUT2D eigenvalue weighted by atomic mass is 32.1. The number of aryl methyl sites for hydroxylation is 2. The van der Waals surface area contributed by atoms with Crippen LogP contribution in [0.2, 0.25) is 25.7 Å². The van der Waals surface area contributed by atoms with Gasteiger partial charge in [0.1, 0.15) is 12.5 Å². The molecular formula is C34H42N6O4S2Si. The number of thiazole rings is 2. The van der Waals surface area contributed by atoms with Crippen LogP contribution in [0.25, 0.3) is 10.2 Å². The summed E-state index contributed by atoms with van der Waals surface area (Å²) in [5.41, 5.74) is 2.27. The van der Waals surface area contributed by atoms with Gasteiger partial charge < -0.3 is 19.1 Å². The van der Waals surface area contributed by atoms with Crippen LogP contribution in [0.4, 0.5) is 16.8 Å². The SMILES string of the molecule is CCOC(=O)c1nc(N(C)c2cc(C)c(N=c3sc4ccccc4n3COCC[Si](C)(C)C)nn2)sc1CCCOc1ccccc1. The van der Waals surface area contributed by atoms with Crippen molar-refractivity contribution in [1.82, 2.24) is 19.7 Å². The van der Waals surface area contributed by atoms with E-state index in [1.807, 2.05) is 67.4 Å². The first kappa shape index (κ1) is 34.4. The molecule has 2 aromatic carbocycles. The third-order valence-electron chi connectivity index (χ3n) is 7.30. The lowest BCUT2D eigenvalue weighted by molar-refractivity contribution is 0.0519. The number of hydrogen-bond donors (Lipinski definition) is 0. The summed E-state index contributed by atoms with van der Waals surface area (Å²) in [5, 5.41) is 9.65. The zero-order valence-electron chi connectivity index (χ0n) is 27.9. The maximum atomic E-state index is 12.8. The average Bonchev–Trinajstić information content (AvgIpc) is 3.63. The van der Waals surface area contributed by atoms with Gasteiger partial charge in [-0.2, -0.15) is 4.99 Å². The number of esters is 1. The van der Waals surface area contributed by atoms with Gasteiger partial charge in [0.2, 0.25) is 0 Å². The first-order chi connectivity index (χ1) is 22.6. The lowest BCUT2D eigenvalue weighted by Crippen LogP contribution is -2.23. The Hall–Kier alpha value is -3.91. The van der Waals surface area contributed by atoms with Crippen LogP contribution in [0.15, 0.2) is 65.7 Å². The van der Waals surface area contributed by atoms with E-state index in [1.54, 1.807) is 18.3 Å². The largest absolute Gasteiger partial charge is 0.494 e. The van der Waals surface area contributed by atoms with Crippen molar-refractivity contribution in [2.24, 2.45) is 4.99 Å². The Morgan fingerprint density at radius 2 is 1.79 bits per heavy atom. The predicted molar refractivity (Wildman–Crippen MR) is 192 cm³/mol. The molecule has 0 aliphatic heterocycles. The van der Waals surface area contributed by atoms with Gasteiger partial charge in [-0.05, 0) is 68.6 Å². The molecule has 3 aromatic heterocycles. The number of carbonyl (C=O) groups is 1. The zero-order chi connectivity index (χ0) is 33.4. The lowest BCUT2D eigenvalue weighted by atomic mass is 10.2. The number of nitrogens with zero attached hydrogens (tertiary/aromatic N) is 6. The van der Waals surface area contributed by atoms with E-state index in [4.69, 9.17) is 19.2 Å².